The summed E-state index contributed by atoms with van der Waals surface area (Å²) in [7, 11) is 1.66. The largest absolute Gasteiger partial charge is 0.484 e. The molecule has 116 valence electrons. The van der Waals surface area contributed by atoms with Crippen molar-refractivity contribution in [2.45, 2.75) is 13.5 Å². The molecule has 5 nitrogen and oxygen atoms in total. The number of hydrogen-bond acceptors (Lipinski definition) is 3. The maximum absolute atomic E-state index is 14.0. The normalized spacial score (nSPS) is 10.1. The topological polar surface area (TPSA) is 54.5 Å². The Labute approximate surface area is 128 Å². The van der Waals surface area contributed by atoms with Crippen molar-refractivity contribution in [3.63, 3.8) is 0 Å². The number of nitrogens with zero attached hydrogens (tertiary/aromatic N) is 2. The van der Waals surface area contributed by atoms with Gasteiger partial charge in [-0.1, -0.05) is 6.07 Å². The molecule has 0 unspecified atom stereocenters. The number of benzene rings is 1. The highest BCUT2D eigenvalue weighted by Crippen LogP contribution is 2.22. The summed E-state index contributed by atoms with van der Waals surface area (Å²) in [6.45, 7) is 2.61. The summed E-state index contributed by atoms with van der Waals surface area (Å²) in [6, 6.07) is 9.46. The van der Waals surface area contributed by atoms with Crippen LogP contribution in [0.25, 0.3) is 0 Å². The summed E-state index contributed by atoms with van der Waals surface area (Å²) in [5, 5.41) is 2.61. The Morgan fingerprint density at radius 2 is 2.18 bits per heavy atom. The molecule has 1 N–H and O–H groups in total. The minimum Gasteiger partial charge on any atom is -0.484 e. The third-order valence-electron chi connectivity index (χ3n) is 3.11. The van der Waals surface area contributed by atoms with Crippen molar-refractivity contribution >= 4 is 11.7 Å². The first kappa shape index (κ1) is 15.8. The Kier molecular flexibility index (Phi) is 5.30. The van der Waals surface area contributed by atoms with Crippen molar-refractivity contribution in [2.75, 3.05) is 18.9 Å². The smallest absolute Gasteiger partial charge is 0.321 e. The molecule has 0 radical (unpaired) electrons. The number of urea groups is 1. The Morgan fingerprint density at radius 1 is 1.36 bits per heavy atom. The summed E-state index contributed by atoms with van der Waals surface area (Å²) in [4.78, 5) is 17.3. The molecule has 0 aliphatic carbocycles. The van der Waals surface area contributed by atoms with E-state index in [9.17, 15) is 9.18 Å². The highest BCUT2D eigenvalue weighted by molar-refractivity contribution is 5.89. The molecule has 2 rings (SSSR count). The molecule has 0 saturated carbocycles. The van der Waals surface area contributed by atoms with Gasteiger partial charge in [-0.25, -0.2) is 9.18 Å². The van der Waals surface area contributed by atoms with Crippen molar-refractivity contribution in [1.82, 2.24) is 9.88 Å². The number of hydrogen-bond donors (Lipinski definition) is 1. The fourth-order valence-corrected chi connectivity index (χ4v) is 1.69. The van der Waals surface area contributed by atoms with Gasteiger partial charge < -0.3 is 15.0 Å². The van der Waals surface area contributed by atoms with Crippen LogP contribution in [0.4, 0.5) is 14.9 Å². The van der Waals surface area contributed by atoms with E-state index in [4.69, 9.17) is 4.74 Å². The minimum atomic E-state index is -0.534. The molecule has 0 fully saturated rings. The van der Waals surface area contributed by atoms with Gasteiger partial charge in [0.15, 0.2) is 11.6 Å². The van der Waals surface area contributed by atoms with Crippen LogP contribution < -0.4 is 10.1 Å². The lowest BCUT2D eigenvalue weighted by molar-refractivity contribution is 0.224. The fourth-order valence-electron chi connectivity index (χ4n) is 1.69. The highest BCUT2D eigenvalue weighted by Gasteiger charge is 2.10. The summed E-state index contributed by atoms with van der Waals surface area (Å²) < 4.78 is 19.4. The molecule has 1 heterocycles. The Hall–Kier alpha value is -2.63. The molecule has 2 amide bonds. The molecule has 0 atom stereocenters. The van der Waals surface area contributed by atoms with Gasteiger partial charge in [-0.3, -0.25) is 4.98 Å². The van der Waals surface area contributed by atoms with Crippen LogP contribution in [0.15, 0.2) is 42.6 Å². The quantitative estimate of drug-likeness (QED) is 0.922. The average molecular weight is 303 g/mol. The van der Waals surface area contributed by atoms with Gasteiger partial charge in [0.05, 0.1) is 5.69 Å². The van der Waals surface area contributed by atoms with Gasteiger partial charge in [0, 0.05) is 31.5 Å². The predicted molar refractivity (Wildman–Crippen MR) is 82.3 cm³/mol. The number of anilines is 1. The monoisotopic (exact) mass is 303 g/mol. The van der Waals surface area contributed by atoms with Crippen LogP contribution in [0.3, 0.4) is 0 Å². The summed E-state index contributed by atoms with van der Waals surface area (Å²) in [5.41, 5.74) is 1.09. The number of carbonyl (C=O) groups is 1. The van der Waals surface area contributed by atoms with Crippen molar-refractivity contribution in [2.24, 2.45) is 0 Å². The second-order valence-corrected chi connectivity index (χ2v) is 4.70. The van der Waals surface area contributed by atoms with Crippen LogP contribution in [-0.4, -0.2) is 29.5 Å². The van der Waals surface area contributed by atoms with E-state index in [1.807, 2.05) is 13.0 Å². The second-order valence-electron chi connectivity index (χ2n) is 4.70. The summed E-state index contributed by atoms with van der Waals surface area (Å²) in [6.07, 6.45) is 1.65. The van der Waals surface area contributed by atoms with E-state index in [0.717, 1.165) is 0 Å². The van der Waals surface area contributed by atoms with Gasteiger partial charge in [0.1, 0.15) is 6.61 Å². The van der Waals surface area contributed by atoms with Crippen LogP contribution >= 0.6 is 0 Å². The van der Waals surface area contributed by atoms with E-state index < -0.39 is 5.82 Å². The number of rotatable bonds is 5. The molecule has 0 bridgehead atoms. The molecule has 2 aromatic rings. The van der Waals surface area contributed by atoms with E-state index in [-0.39, 0.29) is 18.4 Å². The number of carbonyl (C=O) groups excluding carboxylic acids is 1. The van der Waals surface area contributed by atoms with E-state index in [2.05, 4.69) is 10.3 Å². The van der Waals surface area contributed by atoms with Crippen molar-refractivity contribution < 1.29 is 13.9 Å². The number of aromatic nitrogens is 1. The second kappa shape index (κ2) is 7.40. The molecule has 0 aliphatic rings. The lowest BCUT2D eigenvalue weighted by atomic mass is 10.3. The fraction of sp³-hybridized carbons (Fsp3) is 0.250. The van der Waals surface area contributed by atoms with Gasteiger partial charge >= 0.3 is 6.03 Å². The molecular weight excluding hydrogens is 285 g/mol. The maximum atomic E-state index is 14.0. The first-order chi connectivity index (χ1) is 10.6. The third-order valence-corrected chi connectivity index (χ3v) is 3.11. The van der Waals surface area contributed by atoms with E-state index in [1.165, 1.54) is 17.0 Å². The number of ether oxygens (including phenoxy) is 1. The standard InChI is InChI=1S/C16H18FN3O2/c1-3-20(2)16(21)19-12-7-8-15(14(17)10-12)22-11-13-6-4-5-9-18-13/h4-10H,3,11H2,1-2H3,(H,19,21). The van der Waals surface area contributed by atoms with Gasteiger partial charge in [-0.15, -0.1) is 0 Å². The number of halogens is 1. The third kappa shape index (κ3) is 4.18. The molecular formula is C16H18FN3O2. The lowest BCUT2D eigenvalue weighted by Gasteiger charge is -2.16. The van der Waals surface area contributed by atoms with Gasteiger partial charge in [-0.05, 0) is 31.2 Å². The van der Waals surface area contributed by atoms with Crippen LogP contribution in [0, 0.1) is 5.82 Å². The molecule has 0 aliphatic heterocycles. The molecule has 0 spiro atoms. The summed E-state index contributed by atoms with van der Waals surface area (Å²) >= 11 is 0. The zero-order valence-corrected chi connectivity index (χ0v) is 12.5. The first-order valence-corrected chi connectivity index (χ1v) is 6.94. The first-order valence-electron chi connectivity index (χ1n) is 6.94. The zero-order valence-electron chi connectivity index (χ0n) is 12.5. The van der Waals surface area contributed by atoms with Gasteiger partial charge in [0.2, 0.25) is 0 Å². The summed E-state index contributed by atoms with van der Waals surface area (Å²) in [5.74, 6) is -0.416. The van der Waals surface area contributed by atoms with Crippen LogP contribution in [0.1, 0.15) is 12.6 Å². The number of amides is 2. The van der Waals surface area contributed by atoms with Crippen LogP contribution in [0.2, 0.25) is 0 Å². The molecule has 1 aromatic carbocycles. The van der Waals surface area contributed by atoms with Crippen LogP contribution in [-0.2, 0) is 6.61 Å². The number of nitrogens with one attached hydrogen (secondary N) is 1. The molecule has 1 aromatic heterocycles. The predicted octanol–water partition coefficient (Wildman–Crippen LogP) is 3.28. The van der Waals surface area contributed by atoms with Crippen molar-refractivity contribution in [3.05, 3.63) is 54.1 Å². The SMILES string of the molecule is CCN(C)C(=O)Nc1ccc(OCc2ccccn2)c(F)c1. The molecule has 6 heteroatoms. The highest BCUT2D eigenvalue weighted by atomic mass is 19.1. The minimum absolute atomic E-state index is 0.118. The van der Waals surface area contributed by atoms with Gasteiger partial charge in [0.25, 0.3) is 0 Å². The van der Waals surface area contributed by atoms with Crippen molar-refractivity contribution in [3.8, 4) is 5.75 Å². The average Bonchev–Trinajstić information content (AvgIpc) is 2.54. The molecule has 22 heavy (non-hydrogen) atoms. The number of pyridine rings is 1. The Bertz CT molecular complexity index is 635. The zero-order chi connectivity index (χ0) is 15.9. The van der Waals surface area contributed by atoms with Crippen LogP contribution in [0.5, 0.6) is 5.75 Å². The van der Waals surface area contributed by atoms with Gasteiger partial charge in [-0.2, -0.15) is 0 Å². The van der Waals surface area contributed by atoms with E-state index in [1.54, 1.807) is 31.4 Å². The van der Waals surface area contributed by atoms with E-state index >= 15 is 0 Å². The maximum Gasteiger partial charge on any atom is 0.321 e. The molecule has 0 saturated heterocycles. The van der Waals surface area contributed by atoms with E-state index in [0.29, 0.717) is 17.9 Å². The van der Waals surface area contributed by atoms with Crippen molar-refractivity contribution in [1.29, 1.82) is 0 Å². The lowest BCUT2D eigenvalue weighted by Crippen LogP contribution is -2.30. The Balaban J connectivity index is 1.99. The Morgan fingerprint density at radius 3 is 2.82 bits per heavy atom.